The number of guanidine groups is 1. The Morgan fingerprint density at radius 1 is 1.15 bits per heavy atom. The quantitative estimate of drug-likeness (QED) is 0.346. The molecule has 0 saturated carbocycles. The molecule has 1 N–H and O–H groups in total. The molecular weight excluding hydrogens is 458 g/mol. The van der Waals surface area contributed by atoms with Crippen molar-refractivity contribution in [2.45, 2.75) is 13.1 Å². The standard InChI is InChI=1S/C19H21FN6.HI/c1-21-19(25(2)13-15-8-10-16(20)11-9-15)22-12-18-24-23-14-26(18)17-6-4-3-5-7-17;/h3-11,14H,12-13H2,1-2H3,(H,21,22);1H. The maximum Gasteiger partial charge on any atom is 0.194 e. The van der Waals surface area contributed by atoms with E-state index >= 15 is 0 Å². The lowest BCUT2D eigenvalue weighted by Crippen LogP contribution is -2.38. The fourth-order valence-corrected chi connectivity index (χ4v) is 2.67. The molecule has 1 heterocycles. The van der Waals surface area contributed by atoms with E-state index in [2.05, 4.69) is 20.5 Å². The van der Waals surface area contributed by atoms with E-state index in [1.807, 2.05) is 46.8 Å². The van der Waals surface area contributed by atoms with Crippen molar-refractivity contribution < 1.29 is 4.39 Å². The number of nitrogens with zero attached hydrogens (tertiary/aromatic N) is 5. The normalized spacial score (nSPS) is 11.0. The summed E-state index contributed by atoms with van der Waals surface area (Å²) in [6, 6.07) is 16.4. The minimum Gasteiger partial charge on any atom is -0.349 e. The first-order valence-corrected chi connectivity index (χ1v) is 8.28. The van der Waals surface area contributed by atoms with Crippen LogP contribution in [-0.2, 0) is 13.1 Å². The number of aromatic nitrogens is 3. The summed E-state index contributed by atoms with van der Waals surface area (Å²) in [6.45, 7) is 1.10. The summed E-state index contributed by atoms with van der Waals surface area (Å²) in [4.78, 5) is 6.27. The van der Waals surface area contributed by atoms with Crippen molar-refractivity contribution in [2.75, 3.05) is 14.1 Å². The van der Waals surface area contributed by atoms with Crippen LogP contribution in [0.3, 0.4) is 0 Å². The van der Waals surface area contributed by atoms with E-state index in [1.165, 1.54) is 12.1 Å². The highest BCUT2D eigenvalue weighted by Crippen LogP contribution is 2.09. The Balaban J connectivity index is 0.00000261. The molecule has 0 saturated heterocycles. The van der Waals surface area contributed by atoms with Crippen molar-refractivity contribution in [3.05, 3.63) is 78.1 Å². The first kappa shape index (κ1) is 20.8. The Labute approximate surface area is 175 Å². The molecule has 0 bridgehead atoms. The average Bonchev–Trinajstić information content (AvgIpc) is 3.13. The molecule has 142 valence electrons. The van der Waals surface area contributed by atoms with Crippen LogP contribution in [0.5, 0.6) is 0 Å². The zero-order chi connectivity index (χ0) is 18.4. The number of rotatable bonds is 5. The van der Waals surface area contributed by atoms with Gasteiger partial charge in [-0.1, -0.05) is 30.3 Å². The summed E-state index contributed by atoms with van der Waals surface area (Å²) in [7, 11) is 3.66. The number of halogens is 2. The van der Waals surface area contributed by atoms with Crippen LogP contribution in [0.15, 0.2) is 65.9 Å². The van der Waals surface area contributed by atoms with Crippen LogP contribution in [-0.4, -0.2) is 39.7 Å². The second kappa shape index (κ2) is 10.0. The topological polar surface area (TPSA) is 58.3 Å². The van der Waals surface area contributed by atoms with Crippen molar-refractivity contribution in [1.82, 2.24) is 25.0 Å². The fraction of sp³-hybridized carbons (Fsp3) is 0.211. The second-order valence-corrected chi connectivity index (χ2v) is 5.84. The molecule has 0 unspecified atom stereocenters. The van der Waals surface area contributed by atoms with Crippen LogP contribution in [0, 0.1) is 5.82 Å². The summed E-state index contributed by atoms with van der Waals surface area (Å²) in [5.74, 6) is 1.27. The van der Waals surface area contributed by atoms with E-state index in [4.69, 9.17) is 0 Å². The van der Waals surface area contributed by atoms with Gasteiger partial charge < -0.3 is 10.2 Å². The Morgan fingerprint density at radius 2 is 1.85 bits per heavy atom. The van der Waals surface area contributed by atoms with E-state index in [0.29, 0.717) is 13.1 Å². The smallest absolute Gasteiger partial charge is 0.194 e. The molecule has 3 rings (SSSR count). The highest BCUT2D eigenvalue weighted by atomic mass is 127. The van der Waals surface area contributed by atoms with E-state index in [-0.39, 0.29) is 29.8 Å². The first-order valence-electron chi connectivity index (χ1n) is 8.28. The zero-order valence-electron chi connectivity index (χ0n) is 15.2. The van der Waals surface area contributed by atoms with Gasteiger partial charge in [-0.15, -0.1) is 34.2 Å². The number of nitrogens with one attached hydrogen (secondary N) is 1. The maximum atomic E-state index is 13.0. The summed E-state index contributed by atoms with van der Waals surface area (Å²) < 4.78 is 15.0. The lowest BCUT2D eigenvalue weighted by atomic mass is 10.2. The van der Waals surface area contributed by atoms with Gasteiger partial charge in [0.2, 0.25) is 0 Å². The summed E-state index contributed by atoms with van der Waals surface area (Å²) in [5.41, 5.74) is 2.01. The number of aliphatic imine (C=N–C) groups is 1. The minimum absolute atomic E-state index is 0. The van der Waals surface area contributed by atoms with Crippen molar-refractivity contribution in [1.29, 1.82) is 0 Å². The first-order chi connectivity index (χ1) is 12.7. The monoisotopic (exact) mass is 480 g/mol. The lowest BCUT2D eigenvalue weighted by Gasteiger charge is -2.22. The number of hydrogen-bond donors (Lipinski definition) is 1. The molecule has 0 atom stereocenters. The lowest BCUT2D eigenvalue weighted by molar-refractivity contribution is 0.474. The second-order valence-electron chi connectivity index (χ2n) is 5.84. The molecule has 1 aromatic heterocycles. The Hall–Kier alpha value is -2.49. The van der Waals surface area contributed by atoms with Gasteiger partial charge in [0.25, 0.3) is 0 Å². The molecule has 0 aliphatic heterocycles. The van der Waals surface area contributed by atoms with E-state index in [1.54, 1.807) is 25.5 Å². The number of para-hydroxylation sites is 1. The molecule has 3 aromatic rings. The Morgan fingerprint density at radius 3 is 2.52 bits per heavy atom. The molecule has 2 aromatic carbocycles. The summed E-state index contributed by atoms with van der Waals surface area (Å²) >= 11 is 0. The highest BCUT2D eigenvalue weighted by molar-refractivity contribution is 14.0. The molecule has 0 amide bonds. The van der Waals surface area contributed by atoms with Gasteiger partial charge in [0, 0.05) is 26.3 Å². The van der Waals surface area contributed by atoms with Gasteiger partial charge in [-0.3, -0.25) is 9.56 Å². The molecule has 0 spiro atoms. The van der Waals surface area contributed by atoms with Crippen LogP contribution in [0.1, 0.15) is 11.4 Å². The van der Waals surface area contributed by atoms with Crippen molar-refractivity contribution in [3.8, 4) is 5.69 Å². The zero-order valence-corrected chi connectivity index (χ0v) is 17.5. The van der Waals surface area contributed by atoms with Gasteiger partial charge in [0.1, 0.15) is 12.1 Å². The molecule has 27 heavy (non-hydrogen) atoms. The minimum atomic E-state index is -0.237. The third-order valence-electron chi connectivity index (χ3n) is 3.96. The van der Waals surface area contributed by atoms with Crippen LogP contribution in [0.2, 0.25) is 0 Å². The maximum absolute atomic E-state index is 13.0. The van der Waals surface area contributed by atoms with Gasteiger partial charge in [-0.2, -0.15) is 0 Å². The van der Waals surface area contributed by atoms with Crippen LogP contribution in [0.4, 0.5) is 4.39 Å². The third kappa shape index (κ3) is 5.49. The predicted molar refractivity (Wildman–Crippen MR) is 115 cm³/mol. The van der Waals surface area contributed by atoms with E-state index in [0.717, 1.165) is 23.0 Å². The third-order valence-corrected chi connectivity index (χ3v) is 3.96. The van der Waals surface area contributed by atoms with Gasteiger partial charge in [0.15, 0.2) is 11.8 Å². The van der Waals surface area contributed by atoms with Crippen molar-refractivity contribution in [2.24, 2.45) is 4.99 Å². The molecule has 0 aliphatic carbocycles. The van der Waals surface area contributed by atoms with E-state index < -0.39 is 0 Å². The van der Waals surface area contributed by atoms with Crippen LogP contribution >= 0.6 is 24.0 Å². The fourth-order valence-electron chi connectivity index (χ4n) is 2.67. The predicted octanol–water partition coefficient (Wildman–Crippen LogP) is 3.23. The van der Waals surface area contributed by atoms with Crippen molar-refractivity contribution in [3.63, 3.8) is 0 Å². The van der Waals surface area contributed by atoms with Crippen LogP contribution < -0.4 is 5.32 Å². The molecular formula is C19H22FIN6. The van der Waals surface area contributed by atoms with Gasteiger partial charge in [0.05, 0.1) is 6.54 Å². The summed E-state index contributed by atoms with van der Waals surface area (Å²) in [5, 5.41) is 11.5. The van der Waals surface area contributed by atoms with Gasteiger partial charge in [-0.05, 0) is 29.8 Å². The highest BCUT2D eigenvalue weighted by Gasteiger charge is 2.10. The van der Waals surface area contributed by atoms with E-state index in [9.17, 15) is 4.39 Å². The number of benzene rings is 2. The molecule has 8 heteroatoms. The summed E-state index contributed by atoms with van der Waals surface area (Å²) in [6.07, 6.45) is 1.69. The number of hydrogen-bond acceptors (Lipinski definition) is 3. The van der Waals surface area contributed by atoms with Crippen LogP contribution in [0.25, 0.3) is 5.69 Å². The molecule has 0 fully saturated rings. The molecule has 6 nitrogen and oxygen atoms in total. The average molecular weight is 480 g/mol. The molecule has 0 radical (unpaired) electrons. The Bertz CT molecular complexity index is 863. The van der Waals surface area contributed by atoms with Gasteiger partial charge >= 0.3 is 0 Å². The SMILES string of the molecule is CN=C(NCc1nncn1-c1ccccc1)N(C)Cc1ccc(F)cc1.I. The van der Waals surface area contributed by atoms with Gasteiger partial charge in [-0.25, -0.2) is 4.39 Å². The largest absolute Gasteiger partial charge is 0.349 e. The Kier molecular flexibility index (Phi) is 7.71. The molecule has 0 aliphatic rings. The van der Waals surface area contributed by atoms with Crippen molar-refractivity contribution >= 4 is 29.9 Å².